The van der Waals surface area contributed by atoms with E-state index in [-0.39, 0.29) is 5.91 Å². The standard InChI is InChI=1S/C22H23N3O/c1-16-6-5-9-19(12-16)20-14-23-21-15-24(10-11-25(20)21)22(26)13-18-8-4-3-7-17(18)2/h3-9,12,14H,10-11,13,15H2,1-2H3. The third-order valence-electron chi connectivity index (χ3n) is 5.13. The quantitative estimate of drug-likeness (QED) is 0.725. The number of benzene rings is 2. The fourth-order valence-corrected chi connectivity index (χ4v) is 3.59. The number of amides is 1. The van der Waals surface area contributed by atoms with Crippen LogP contribution in [0.1, 0.15) is 22.5 Å². The van der Waals surface area contributed by atoms with E-state index >= 15 is 0 Å². The molecule has 26 heavy (non-hydrogen) atoms. The fraction of sp³-hybridized carbons (Fsp3) is 0.273. The van der Waals surface area contributed by atoms with E-state index in [0.717, 1.165) is 30.2 Å². The number of nitrogens with zero attached hydrogens (tertiary/aromatic N) is 3. The van der Waals surface area contributed by atoms with Gasteiger partial charge < -0.3 is 9.47 Å². The van der Waals surface area contributed by atoms with Crippen LogP contribution in [0, 0.1) is 13.8 Å². The highest BCUT2D eigenvalue weighted by Crippen LogP contribution is 2.25. The molecular weight excluding hydrogens is 322 g/mol. The first-order valence-corrected chi connectivity index (χ1v) is 9.05. The first-order chi connectivity index (χ1) is 12.6. The summed E-state index contributed by atoms with van der Waals surface area (Å²) in [5.41, 5.74) is 5.83. The van der Waals surface area contributed by atoms with Crippen LogP contribution in [0.3, 0.4) is 0 Å². The maximum Gasteiger partial charge on any atom is 0.227 e. The van der Waals surface area contributed by atoms with Gasteiger partial charge in [-0.3, -0.25) is 4.79 Å². The molecule has 0 saturated carbocycles. The number of hydrogen-bond acceptors (Lipinski definition) is 2. The molecule has 0 N–H and O–H groups in total. The Morgan fingerprint density at radius 3 is 2.73 bits per heavy atom. The zero-order valence-electron chi connectivity index (χ0n) is 15.3. The molecule has 3 aromatic rings. The minimum atomic E-state index is 0.172. The van der Waals surface area contributed by atoms with Gasteiger partial charge in [-0.25, -0.2) is 4.98 Å². The SMILES string of the molecule is Cc1cccc(-c2cnc3n2CCN(C(=O)Cc2ccccc2C)C3)c1. The van der Waals surface area contributed by atoms with Gasteiger partial charge in [0.25, 0.3) is 0 Å². The first kappa shape index (κ1) is 16.6. The maximum absolute atomic E-state index is 12.7. The predicted molar refractivity (Wildman–Crippen MR) is 103 cm³/mol. The highest BCUT2D eigenvalue weighted by molar-refractivity contribution is 5.79. The Morgan fingerprint density at radius 1 is 1.08 bits per heavy atom. The Labute approximate surface area is 154 Å². The van der Waals surface area contributed by atoms with Gasteiger partial charge in [-0.05, 0) is 31.0 Å². The molecule has 0 aliphatic carbocycles. The van der Waals surface area contributed by atoms with Gasteiger partial charge in [-0.15, -0.1) is 0 Å². The summed E-state index contributed by atoms with van der Waals surface area (Å²) in [7, 11) is 0. The van der Waals surface area contributed by atoms with Crippen molar-refractivity contribution in [2.45, 2.75) is 33.4 Å². The summed E-state index contributed by atoms with van der Waals surface area (Å²) in [4.78, 5) is 19.3. The fourth-order valence-electron chi connectivity index (χ4n) is 3.59. The first-order valence-electron chi connectivity index (χ1n) is 9.05. The highest BCUT2D eigenvalue weighted by Gasteiger charge is 2.24. The number of fused-ring (bicyclic) bond motifs is 1. The van der Waals surface area contributed by atoms with E-state index < -0.39 is 0 Å². The normalized spacial score (nSPS) is 13.5. The Kier molecular flexibility index (Phi) is 4.33. The van der Waals surface area contributed by atoms with Crippen LogP contribution in [0.4, 0.5) is 0 Å². The molecule has 0 spiro atoms. The van der Waals surface area contributed by atoms with Gasteiger partial charge in [0, 0.05) is 18.7 Å². The summed E-state index contributed by atoms with van der Waals surface area (Å²) in [6.07, 6.45) is 2.39. The molecule has 1 aliphatic rings. The topological polar surface area (TPSA) is 38.1 Å². The van der Waals surface area contributed by atoms with E-state index in [1.165, 1.54) is 16.7 Å². The predicted octanol–water partition coefficient (Wildman–Crippen LogP) is 3.75. The Bertz CT molecular complexity index is 958. The van der Waals surface area contributed by atoms with Crippen molar-refractivity contribution in [3.63, 3.8) is 0 Å². The lowest BCUT2D eigenvalue weighted by atomic mass is 10.1. The highest BCUT2D eigenvalue weighted by atomic mass is 16.2. The average Bonchev–Trinajstić information content (AvgIpc) is 3.07. The third kappa shape index (κ3) is 3.15. The van der Waals surface area contributed by atoms with E-state index in [0.29, 0.717) is 13.0 Å². The molecule has 4 nitrogen and oxygen atoms in total. The zero-order chi connectivity index (χ0) is 18.1. The van der Waals surface area contributed by atoms with Gasteiger partial charge in [0.15, 0.2) is 0 Å². The summed E-state index contributed by atoms with van der Waals surface area (Å²) in [6, 6.07) is 16.6. The number of aryl methyl sites for hydroxylation is 2. The second kappa shape index (κ2) is 6.79. The van der Waals surface area contributed by atoms with E-state index in [2.05, 4.69) is 53.7 Å². The van der Waals surface area contributed by atoms with Gasteiger partial charge in [0.05, 0.1) is 24.9 Å². The van der Waals surface area contributed by atoms with Crippen LogP contribution in [0.2, 0.25) is 0 Å². The number of rotatable bonds is 3. The second-order valence-electron chi connectivity index (χ2n) is 7.00. The summed E-state index contributed by atoms with van der Waals surface area (Å²) in [6.45, 7) is 6.25. The molecule has 2 aromatic carbocycles. The van der Waals surface area contributed by atoms with Crippen molar-refractivity contribution in [2.75, 3.05) is 6.54 Å². The molecule has 0 fully saturated rings. The van der Waals surface area contributed by atoms with Crippen LogP contribution in [0.25, 0.3) is 11.3 Å². The molecule has 2 heterocycles. The smallest absolute Gasteiger partial charge is 0.227 e. The lowest BCUT2D eigenvalue weighted by molar-refractivity contribution is -0.132. The number of hydrogen-bond donors (Lipinski definition) is 0. The van der Waals surface area contributed by atoms with Crippen LogP contribution in [-0.2, 0) is 24.3 Å². The number of carbonyl (C=O) groups is 1. The molecule has 132 valence electrons. The second-order valence-corrected chi connectivity index (χ2v) is 7.00. The largest absolute Gasteiger partial charge is 0.333 e. The lowest BCUT2D eigenvalue weighted by Crippen LogP contribution is -2.39. The number of aromatic nitrogens is 2. The van der Waals surface area contributed by atoms with E-state index in [4.69, 9.17) is 0 Å². The minimum Gasteiger partial charge on any atom is -0.333 e. The van der Waals surface area contributed by atoms with Crippen molar-refractivity contribution in [1.82, 2.24) is 14.5 Å². The van der Waals surface area contributed by atoms with Crippen molar-refractivity contribution in [3.8, 4) is 11.3 Å². The molecule has 0 unspecified atom stereocenters. The van der Waals surface area contributed by atoms with Gasteiger partial charge in [0.1, 0.15) is 5.82 Å². The lowest BCUT2D eigenvalue weighted by Gasteiger charge is -2.29. The molecule has 4 heteroatoms. The van der Waals surface area contributed by atoms with Crippen molar-refractivity contribution < 1.29 is 4.79 Å². The van der Waals surface area contributed by atoms with Gasteiger partial charge in [-0.2, -0.15) is 0 Å². The van der Waals surface area contributed by atoms with E-state index in [1.54, 1.807) is 0 Å². The molecule has 0 atom stereocenters. The summed E-state index contributed by atoms with van der Waals surface area (Å²) in [5, 5.41) is 0. The van der Waals surface area contributed by atoms with Crippen molar-refractivity contribution >= 4 is 5.91 Å². The van der Waals surface area contributed by atoms with Crippen LogP contribution >= 0.6 is 0 Å². The number of imidazole rings is 1. The number of carbonyl (C=O) groups excluding carboxylic acids is 1. The van der Waals surface area contributed by atoms with Crippen LogP contribution in [0.5, 0.6) is 0 Å². The van der Waals surface area contributed by atoms with Crippen molar-refractivity contribution in [1.29, 1.82) is 0 Å². The van der Waals surface area contributed by atoms with Crippen molar-refractivity contribution in [3.05, 3.63) is 77.2 Å². The molecule has 0 radical (unpaired) electrons. The molecule has 1 aliphatic heterocycles. The third-order valence-corrected chi connectivity index (χ3v) is 5.13. The summed E-state index contributed by atoms with van der Waals surface area (Å²) < 4.78 is 2.24. The van der Waals surface area contributed by atoms with Gasteiger partial charge in [0.2, 0.25) is 5.91 Å². The molecule has 0 saturated heterocycles. The molecule has 0 bridgehead atoms. The Balaban J connectivity index is 1.52. The van der Waals surface area contributed by atoms with Gasteiger partial charge >= 0.3 is 0 Å². The van der Waals surface area contributed by atoms with Crippen molar-refractivity contribution in [2.24, 2.45) is 0 Å². The van der Waals surface area contributed by atoms with Crippen LogP contribution in [0.15, 0.2) is 54.7 Å². The molecule has 4 rings (SSSR count). The van der Waals surface area contributed by atoms with E-state index in [1.807, 2.05) is 29.3 Å². The molecular formula is C22H23N3O. The van der Waals surface area contributed by atoms with Gasteiger partial charge in [-0.1, -0.05) is 48.0 Å². The van der Waals surface area contributed by atoms with E-state index in [9.17, 15) is 4.79 Å². The zero-order valence-corrected chi connectivity index (χ0v) is 15.3. The average molecular weight is 345 g/mol. The molecule has 1 aromatic heterocycles. The van der Waals surface area contributed by atoms with Crippen LogP contribution in [-0.4, -0.2) is 26.9 Å². The maximum atomic E-state index is 12.7. The van der Waals surface area contributed by atoms with Crippen LogP contribution < -0.4 is 0 Å². The monoisotopic (exact) mass is 345 g/mol. The summed E-state index contributed by atoms with van der Waals surface area (Å²) in [5.74, 6) is 1.14. The summed E-state index contributed by atoms with van der Waals surface area (Å²) >= 11 is 0. The Morgan fingerprint density at radius 2 is 1.92 bits per heavy atom. The molecule has 1 amide bonds. The minimum absolute atomic E-state index is 0.172. The Hall–Kier alpha value is -2.88.